The Morgan fingerprint density at radius 2 is 1.95 bits per heavy atom. The second-order valence-corrected chi connectivity index (χ2v) is 8.74. The molecule has 1 fully saturated rings. The molecule has 3 rings (SSSR count). The molecule has 0 spiro atoms. The van der Waals surface area contributed by atoms with Crippen LogP contribution in [0.25, 0.3) is 0 Å². The van der Waals surface area contributed by atoms with Gasteiger partial charge in [-0.25, -0.2) is 13.4 Å². The zero-order chi connectivity index (χ0) is 15.2. The molecule has 1 aliphatic carbocycles. The summed E-state index contributed by atoms with van der Waals surface area (Å²) in [6.45, 7) is 5.86. The predicted octanol–water partition coefficient (Wildman–Crippen LogP) is 3.75. The molecule has 0 bridgehead atoms. The summed E-state index contributed by atoms with van der Waals surface area (Å²) in [7, 11) is -3.55. The quantitative estimate of drug-likeness (QED) is 0.932. The van der Waals surface area contributed by atoms with E-state index in [0.717, 1.165) is 34.4 Å². The number of sulfonamides is 1. The molecule has 2 aromatic heterocycles. The lowest BCUT2D eigenvalue weighted by Gasteiger charge is -2.12. The monoisotopic (exact) mass is 322 g/mol. The number of hydrogen-bond donors (Lipinski definition) is 1. The fourth-order valence-electron chi connectivity index (χ4n) is 2.39. The fourth-order valence-corrected chi connectivity index (χ4v) is 4.93. The number of thiophene rings is 1. The van der Waals surface area contributed by atoms with Crippen LogP contribution in [0.4, 0.5) is 5.82 Å². The second-order valence-electron chi connectivity index (χ2n) is 5.57. The molecular formula is C15H18N2O2S2. The van der Waals surface area contributed by atoms with Crippen LogP contribution in [0.1, 0.15) is 40.3 Å². The van der Waals surface area contributed by atoms with Gasteiger partial charge in [0, 0.05) is 16.6 Å². The largest absolute Gasteiger partial charge is 0.272 e. The van der Waals surface area contributed by atoms with Gasteiger partial charge in [0.2, 0.25) is 0 Å². The normalized spacial score (nSPS) is 15.2. The lowest BCUT2D eigenvalue weighted by atomic mass is 10.1. The van der Waals surface area contributed by atoms with E-state index in [4.69, 9.17) is 0 Å². The zero-order valence-corrected chi connectivity index (χ0v) is 13.9. The first-order valence-electron chi connectivity index (χ1n) is 6.94. The minimum absolute atomic E-state index is 0.350. The second kappa shape index (κ2) is 5.10. The third-order valence-electron chi connectivity index (χ3n) is 3.83. The highest BCUT2D eigenvalue weighted by molar-refractivity contribution is 7.94. The summed E-state index contributed by atoms with van der Waals surface area (Å²) in [5.74, 6) is 0.935. The molecule has 2 heterocycles. The van der Waals surface area contributed by atoms with Crippen LogP contribution in [-0.2, 0) is 10.0 Å². The SMILES string of the molecule is Cc1cc(S(=O)(=O)Nc2nccc(C)c2C2CC2)sc1C. The Balaban J connectivity index is 1.98. The summed E-state index contributed by atoms with van der Waals surface area (Å²) in [4.78, 5) is 5.28. The van der Waals surface area contributed by atoms with E-state index < -0.39 is 10.0 Å². The minimum Gasteiger partial charge on any atom is -0.262 e. The van der Waals surface area contributed by atoms with Gasteiger partial charge in [-0.3, -0.25) is 4.72 Å². The first kappa shape index (κ1) is 14.5. The van der Waals surface area contributed by atoms with E-state index in [9.17, 15) is 8.42 Å². The van der Waals surface area contributed by atoms with E-state index >= 15 is 0 Å². The van der Waals surface area contributed by atoms with Gasteiger partial charge in [0.25, 0.3) is 10.0 Å². The topological polar surface area (TPSA) is 59.1 Å². The Morgan fingerprint density at radius 1 is 1.24 bits per heavy atom. The Labute approximate surface area is 129 Å². The molecule has 0 saturated heterocycles. The van der Waals surface area contributed by atoms with Crippen LogP contribution < -0.4 is 4.72 Å². The number of rotatable bonds is 4. The van der Waals surface area contributed by atoms with Crippen LogP contribution in [-0.4, -0.2) is 13.4 Å². The molecular weight excluding hydrogens is 304 g/mol. The first-order valence-corrected chi connectivity index (χ1v) is 9.24. The maximum atomic E-state index is 12.5. The van der Waals surface area contributed by atoms with Crippen molar-refractivity contribution < 1.29 is 8.42 Å². The highest BCUT2D eigenvalue weighted by Gasteiger charge is 2.30. The summed E-state index contributed by atoms with van der Waals surface area (Å²) in [5.41, 5.74) is 3.15. The Morgan fingerprint density at radius 3 is 2.52 bits per heavy atom. The molecule has 0 atom stereocenters. The molecule has 6 heteroatoms. The molecule has 1 aliphatic rings. The number of aryl methyl sites for hydroxylation is 3. The molecule has 0 radical (unpaired) electrons. The Hall–Kier alpha value is -1.40. The van der Waals surface area contributed by atoms with Crippen molar-refractivity contribution in [1.82, 2.24) is 4.98 Å². The number of anilines is 1. The lowest BCUT2D eigenvalue weighted by molar-refractivity contribution is 0.603. The molecule has 0 amide bonds. The van der Waals surface area contributed by atoms with Crippen LogP contribution >= 0.6 is 11.3 Å². The highest BCUT2D eigenvalue weighted by atomic mass is 32.2. The van der Waals surface area contributed by atoms with Gasteiger partial charge < -0.3 is 0 Å². The maximum Gasteiger partial charge on any atom is 0.272 e. The van der Waals surface area contributed by atoms with E-state index in [2.05, 4.69) is 9.71 Å². The van der Waals surface area contributed by atoms with Gasteiger partial charge in [0.1, 0.15) is 10.0 Å². The van der Waals surface area contributed by atoms with Gasteiger partial charge in [-0.05, 0) is 62.8 Å². The Bertz CT molecular complexity index is 771. The highest BCUT2D eigenvalue weighted by Crippen LogP contribution is 2.44. The molecule has 0 unspecified atom stereocenters. The van der Waals surface area contributed by atoms with Crippen LogP contribution in [0.15, 0.2) is 22.5 Å². The van der Waals surface area contributed by atoms with Crippen molar-refractivity contribution in [2.75, 3.05) is 4.72 Å². The van der Waals surface area contributed by atoms with Gasteiger partial charge in [-0.2, -0.15) is 0 Å². The van der Waals surface area contributed by atoms with Crippen molar-refractivity contribution in [2.24, 2.45) is 0 Å². The van der Waals surface area contributed by atoms with Gasteiger partial charge in [0.15, 0.2) is 0 Å². The molecule has 0 aliphatic heterocycles. The van der Waals surface area contributed by atoms with Crippen molar-refractivity contribution in [3.05, 3.63) is 39.9 Å². The Kier molecular flexibility index (Phi) is 3.53. The van der Waals surface area contributed by atoms with Crippen molar-refractivity contribution in [3.8, 4) is 0 Å². The minimum atomic E-state index is -3.55. The molecule has 112 valence electrons. The van der Waals surface area contributed by atoms with Crippen LogP contribution in [0.3, 0.4) is 0 Å². The molecule has 21 heavy (non-hydrogen) atoms. The van der Waals surface area contributed by atoms with Crippen molar-refractivity contribution in [2.45, 2.75) is 43.7 Å². The number of nitrogens with zero attached hydrogens (tertiary/aromatic N) is 1. The van der Waals surface area contributed by atoms with Crippen molar-refractivity contribution >= 4 is 27.2 Å². The third-order valence-corrected chi connectivity index (χ3v) is 6.80. The number of hydrogen-bond acceptors (Lipinski definition) is 4. The molecule has 2 aromatic rings. The summed E-state index contributed by atoms with van der Waals surface area (Å²) < 4.78 is 28.1. The zero-order valence-electron chi connectivity index (χ0n) is 12.3. The summed E-state index contributed by atoms with van der Waals surface area (Å²) in [6, 6.07) is 3.65. The van der Waals surface area contributed by atoms with Gasteiger partial charge in [0.05, 0.1) is 0 Å². The summed E-state index contributed by atoms with van der Waals surface area (Å²) >= 11 is 1.30. The molecule has 1 saturated carbocycles. The standard InChI is InChI=1S/C15H18N2O2S2/c1-9-6-7-16-15(14(9)12-4-5-12)17-21(18,19)13-8-10(2)11(3)20-13/h6-8,12H,4-5H2,1-3H3,(H,16,17). The van der Waals surface area contributed by atoms with E-state index in [1.165, 1.54) is 11.3 Å². The number of nitrogens with one attached hydrogen (secondary N) is 1. The van der Waals surface area contributed by atoms with E-state index in [1.807, 2.05) is 26.8 Å². The maximum absolute atomic E-state index is 12.5. The third kappa shape index (κ3) is 2.82. The molecule has 4 nitrogen and oxygen atoms in total. The number of pyridine rings is 1. The van der Waals surface area contributed by atoms with Crippen LogP contribution in [0, 0.1) is 20.8 Å². The van der Waals surface area contributed by atoms with E-state index in [-0.39, 0.29) is 0 Å². The lowest BCUT2D eigenvalue weighted by Crippen LogP contribution is -2.14. The first-order chi connectivity index (χ1) is 9.88. The number of aromatic nitrogens is 1. The smallest absolute Gasteiger partial charge is 0.262 e. The van der Waals surface area contributed by atoms with Crippen molar-refractivity contribution in [3.63, 3.8) is 0 Å². The van der Waals surface area contributed by atoms with Crippen molar-refractivity contribution in [1.29, 1.82) is 0 Å². The molecule has 0 aromatic carbocycles. The van der Waals surface area contributed by atoms with Gasteiger partial charge in [-0.15, -0.1) is 11.3 Å². The predicted molar refractivity (Wildman–Crippen MR) is 85.6 cm³/mol. The van der Waals surface area contributed by atoms with Crippen LogP contribution in [0.5, 0.6) is 0 Å². The molecule has 1 N–H and O–H groups in total. The fraction of sp³-hybridized carbons (Fsp3) is 0.400. The average molecular weight is 322 g/mol. The van der Waals surface area contributed by atoms with Crippen LogP contribution in [0.2, 0.25) is 0 Å². The van der Waals surface area contributed by atoms with E-state index in [1.54, 1.807) is 12.3 Å². The van der Waals surface area contributed by atoms with Gasteiger partial charge >= 0.3 is 0 Å². The van der Waals surface area contributed by atoms with Gasteiger partial charge in [-0.1, -0.05) is 0 Å². The van der Waals surface area contributed by atoms with E-state index in [0.29, 0.717) is 15.9 Å². The summed E-state index contributed by atoms with van der Waals surface area (Å²) in [5, 5.41) is 0. The average Bonchev–Trinajstić information content (AvgIpc) is 3.16. The summed E-state index contributed by atoms with van der Waals surface area (Å²) in [6.07, 6.45) is 3.88.